The normalized spacial score (nSPS) is 19.4. The van der Waals surface area contributed by atoms with E-state index in [1.807, 2.05) is 13.8 Å². The molecule has 13 heteroatoms. The number of nitrogens with zero attached hydrogens (tertiary/aromatic N) is 3. The topological polar surface area (TPSA) is 149 Å². The van der Waals surface area contributed by atoms with Crippen molar-refractivity contribution in [3.05, 3.63) is 54.1 Å². The van der Waals surface area contributed by atoms with E-state index in [1.54, 1.807) is 12.1 Å². The maximum absolute atomic E-state index is 13.0. The predicted octanol–water partition coefficient (Wildman–Crippen LogP) is 2.19. The average Bonchev–Trinajstić information content (AvgIpc) is 3.26. The smallest absolute Gasteiger partial charge is 0.322 e. The number of rotatable bonds is 6. The van der Waals surface area contributed by atoms with Crippen LogP contribution in [0.1, 0.15) is 24.2 Å². The summed E-state index contributed by atoms with van der Waals surface area (Å²) in [6.45, 7) is 4.14. The lowest BCUT2D eigenvalue weighted by Crippen LogP contribution is -2.48. The van der Waals surface area contributed by atoms with E-state index in [2.05, 4.69) is 15.5 Å². The van der Waals surface area contributed by atoms with Crippen LogP contribution in [0.25, 0.3) is 11.5 Å². The summed E-state index contributed by atoms with van der Waals surface area (Å²) in [5.74, 6) is -0.552. The van der Waals surface area contributed by atoms with E-state index in [-0.39, 0.29) is 52.6 Å². The number of anilines is 1. The Labute approximate surface area is 203 Å². The molecule has 1 aromatic heterocycles. The number of benzene rings is 2. The molecule has 1 fully saturated rings. The Kier molecular flexibility index (Phi) is 6.77. The van der Waals surface area contributed by atoms with Crippen LogP contribution in [0.15, 0.2) is 62.7 Å². The fraction of sp³-hybridized carbons (Fsp3) is 0.318. The zero-order valence-electron chi connectivity index (χ0n) is 19.2. The molecule has 4 rings (SSSR count). The minimum atomic E-state index is -3.73. The Morgan fingerprint density at radius 2 is 1.63 bits per heavy atom. The molecule has 0 aliphatic carbocycles. The molecular formula is C22H24N4O7S2. The Morgan fingerprint density at radius 1 is 0.971 bits per heavy atom. The van der Waals surface area contributed by atoms with Gasteiger partial charge < -0.3 is 9.15 Å². The predicted molar refractivity (Wildman–Crippen MR) is 126 cm³/mol. The Hall–Kier alpha value is -3.13. The molecule has 35 heavy (non-hydrogen) atoms. The van der Waals surface area contributed by atoms with Crippen molar-refractivity contribution in [3.8, 4) is 11.5 Å². The van der Waals surface area contributed by atoms with Crippen molar-refractivity contribution in [2.45, 2.75) is 35.8 Å². The van der Waals surface area contributed by atoms with Crippen molar-refractivity contribution in [3.63, 3.8) is 0 Å². The number of nitrogens with one attached hydrogen (secondary N) is 1. The molecule has 1 aliphatic heterocycles. The Balaban J connectivity index is 1.47. The van der Waals surface area contributed by atoms with Crippen molar-refractivity contribution < 1.29 is 30.8 Å². The lowest BCUT2D eigenvalue weighted by Gasteiger charge is -2.34. The molecule has 3 aromatic rings. The summed E-state index contributed by atoms with van der Waals surface area (Å²) in [5, 5.41) is 10.1. The summed E-state index contributed by atoms with van der Waals surface area (Å²) in [7, 11) is -7.15. The SMILES string of the molecule is CC1CN(S(=O)(=O)c2ccc(C(=O)Nc3nnc(-c4cccc(S(C)(=O)=O)c4)o3)cc2)CC(C)O1. The number of hydrogen-bond donors (Lipinski definition) is 1. The first-order valence-corrected chi connectivity index (χ1v) is 14.0. The number of carbonyl (C=O) groups excluding carboxylic acids is 1. The van der Waals surface area contributed by atoms with Crippen molar-refractivity contribution in [1.29, 1.82) is 0 Å². The highest BCUT2D eigenvalue weighted by atomic mass is 32.2. The maximum atomic E-state index is 13.0. The van der Waals surface area contributed by atoms with Gasteiger partial charge in [0.05, 0.1) is 22.0 Å². The van der Waals surface area contributed by atoms with Gasteiger partial charge in [0, 0.05) is 30.5 Å². The molecule has 2 atom stereocenters. The van der Waals surface area contributed by atoms with Crippen LogP contribution in [0, 0.1) is 0 Å². The van der Waals surface area contributed by atoms with Crippen LogP contribution in [-0.4, -0.2) is 68.8 Å². The first-order valence-electron chi connectivity index (χ1n) is 10.6. The van der Waals surface area contributed by atoms with Crippen LogP contribution in [0.5, 0.6) is 0 Å². The molecule has 2 heterocycles. The fourth-order valence-electron chi connectivity index (χ4n) is 3.67. The maximum Gasteiger partial charge on any atom is 0.322 e. The van der Waals surface area contributed by atoms with E-state index in [1.165, 1.54) is 40.7 Å². The number of hydrogen-bond acceptors (Lipinski definition) is 9. The van der Waals surface area contributed by atoms with Gasteiger partial charge in [-0.15, -0.1) is 5.10 Å². The number of carbonyl (C=O) groups is 1. The summed E-state index contributed by atoms with van der Waals surface area (Å²) in [6.07, 6.45) is 0.655. The van der Waals surface area contributed by atoms with Gasteiger partial charge in [-0.05, 0) is 56.3 Å². The third-order valence-corrected chi connectivity index (χ3v) is 8.25. The van der Waals surface area contributed by atoms with Gasteiger partial charge in [0.1, 0.15) is 0 Å². The largest absolute Gasteiger partial charge is 0.403 e. The van der Waals surface area contributed by atoms with Crippen LogP contribution in [0.3, 0.4) is 0 Å². The second-order valence-electron chi connectivity index (χ2n) is 8.27. The van der Waals surface area contributed by atoms with Crippen molar-refractivity contribution in [1.82, 2.24) is 14.5 Å². The van der Waals surface area contributed by atoms with E-state index < -0.39 is 25.8 Å². The second kappa shape index (κ2) is 9.49. The summed E-state index contributed by atoms with van der Waals surface area (Å²) >= 11 is 0. The van der Waals surface area contributed by atoms with Crippen molar-refractivity contribution in [2.24, 2.45) is 0 Å². The van der Waals surface area contributed by atoms with Crippen LogP contribution in [0.4, 0.5) is 6.01 Å². The van der Waals surface area contributed by atoms with Crippen LogP contribution < -0.4 is 5.32 Å². The average molecular weight is 521 g/mol. The molecule has 11 nitrogen and oxygen atoms in total. The molecule has 0 saturated carbocycles. The highest BCUT2D eigenvalue weighted by molar-refractivity contribution is 7.90. The molecule has 0 radical (unpaired) electrons. The van der Waals surface area contributed by atoms with Gasteiger partial charge in [-0.1, -0.05) is 11.2 Å². The van der Waals surface area contributed by atoms with Gasteiger partial charge in [-0.2, -0.15) is 4.31 Å². The standard InChI is InChI=1S/C22H24N4O7S2/c1-14-12-26(13-15(2)32-14)35(30,31)18-9-7-16(8-10-18)20(27)23-22-25-24-21(33-22)17-5-4-6-19(11-17)34(3,28)29/h4-11,14-15H,12-13H2,1-3H3,(H,23,25,27). The van der Waals surface area contributed by atoms with Gasteiger partial charge >= 0.3 is 6.01 Å². The van der Waals surface area contributed by atoms with Gasteiger partial charge in [0.25, 0.3) is 5.91 Å². The molecule has 1 saturated heterocycles. The second-order valence-corrected chi connectivity index (χ2v) is 12.2. The third kappa shape index (κ3) is 5.59. The number of morpholine rings is 1. The summed E-state index contributed by atoms with van der Waals surface area (Å²) in [5.41, 5.74) is 0.564. The molecule has 1 N–H and O–H groups in total. The van der Waals surface area contributed by atoms with Gasteiger partial charge in [-0.3, -0.25) is 10.1 Å². The Morgan fingerprint density at radius 3 is 2.26 bits per heavy atom. The lowest BCUT2D eigenvalue weighted by atomic mass is 10.2. The number of sulfonamides is 1. The number of sulfone groups is 1. The zero-order valence-corrected chi connectivity index (χ0v) is 20.8. The molecule has 2 aromatic carbocycles. The quantitative estimate of drug-likeness (QED) is 0.516. The van der Waals surface area contributed by atoms with Crippen molar-refractivity contribution >= 4 is 31.8 Å². The number of aromatic nitrogens is 2. The Bertz CT molecular complexity index is 1440. The van der Waals surface area contributed by atoms with Gasteiger partial charge in [0.15, 0.2) is 9.84 Å². The zero-order chi connectivity index (χ0) is 25.4. The molecule has 0 spiro atoms. The number of amides is 1. The first-order chi connectivity index (χ1) is 16.4. The summed E-state index contributed by atoms with van der Waals surface area (Å²) < 4.78 is 61.9. The van der Waals surface area contributed by atoms with E-state index >= 15 is 0 Å². The molecule has 1 amide bonds. The third-order valence-electron chi connectivity index (χ3n) is 5.29. The molecule has 0 bridgehead atoms. The molecular weight excluding hydrogens is 496 g/mol. The minimum absolute atomic E-state index is 0.0289. The van der Waals surface area contributed by atoms with E-state index in [4.69, 9.17) is 9.15 Å². The molecule has 186 valence electrons. The first kappa shape index (κ1) is 25.0. The van der Waals surface area contributed by atoms with Crippen LogP contribution in [-0.2, 0) is 24.6 Å². The van der Waals surface area contributed by atoms with E-state index in [0.29, 0.717) is 5.56 Å². The summed E-state index contributed by atoms with van der Waals surface area (Å²) in [6, 6.07) is 11.3. The monoisotopic (exact) mass is 520 g/mol. The highest BCUT2D eigenvalue weighted by Crippen LogP contribution is 2.24. The van der Waals surface area contributed by atoms with Crippen molar-refractivity contribution in [2.75, 3.05) is 24.7 Å². The lowest BCUT2D eigenvalue weighted by molar-refractivity contribution is -0.0440. The van der Waals surface area contributed by atoms with Gasteiger partial charge in [0.2, 0.25) is 15.9 Å². The fourth-order valence-corrected chi connectivity index (χ4v) is 5.93. The number of ether oxygens (including phenoxy) is 1. The van der Waals surface area contributed by atoms with Crippen LogP contribution >= 0.6 is 0 Å². The highest BCUT2D eigenvalue weighted by Gasteiger charge is 2.32. The minimum Gasteiger partial charge on any atom is -0.403 e. The molecule has 2 unspecified atom stereocenters. The van der Waals surface area contributed by atoms with E-state index in [0.717, 1.165) is 6.26 Å². The molecule has 1 aliphatic rings. The van der Waals surface area contributed by atoms with E-state index in [9.17, 15) is 21.6 Å². The van der Waals surface area contributed by atoms with Crippen LogP contribution in [0.2, 0.25) is 0 Å². The summed E-state index contributed by atoms with van der Waals surface area (Å²) in [4.78, 5) is 12.8. The van der Waals surface area contributed by atoms with Gasteiger partial charge in [-0.25, -0.2) is 16.8 Å².